The van der Waals surface area contributed by atoms with Crippen molar-refractivity contribution in [1.29, 1.82) is 0 Å². The van der Waals surface area contributed by atoms with Crippen LogP contribution in [0.2, 0.25) is 0 Å². The van der Waals surface area contributed by atoms with Crippen LogP contribution in [0.1, 0.15) is 10.4 Å². The molecule has 140 valence electrons. The van der Waals surface area contributed by atoms with Gasteiger partial charge in [0.15, 0.2) is 0 Å². The highest BCUT2D eigenvalue weighted by Crippen LogP contribution is 1.95. The molecule has 0 atom stereocenters. The van der Waals surface area contributed by atoms with E-state index in [1.54, 1.807) is 24.3 Å². The molecule has 14 nitrogen and oxygen atoms in total. The largest absolute Gasteiger partial charge is 0.344 e. The average Bonchev–Trinajstić information content (AvgIpc) is 2.05. The van der Waals surface area contributed by atoms with E-state index in [1.165, 1.54) is 0 Å². The van der Waals surface area contributed by atoms with Crippen LogP contribution in [-0.4, -0.2) is 5.91 Å². The lowest BCUT2D eigenvalue weighted by Crippen LogP contribution is -2.29. The predicted octanol–water partition coefficient (Wildman–Crippen LogP) is 2.07. The van der Waals surface area contributed by atoms with Crippen LogP contribution in [0.5, 0.6) is 0 Å². The second-order valence-corrected chi connectivity index (χ2v) is 1.84. The predicted molar refractivity (Wildman–Crippen MR) is 93.3 cm³/mol. The van der Waals surface area contributed by atoms with E-state index in [-0.39, 0.29) is 73.6 Å². The number of rotatable bonds is 1. The van der Waals surface area contributed by atoms with Crippen molar-refractivity contribution in [2.24, 2.45) is 5.84 Å². The van der Waals surface area contributed by atoms with Crippen molar-refractivity contribution in [3.63, 3.8) is 0 Å². The number of nitrogens with two attached hydrogens (primary N) is 1. The number of nitrogens with one attached hydrogen (secondary N) is 1. The van der Waals surface area contributed by atoms with E-state index >= 15 is 0 Å². The van der Waals surface area contributed by atoms with Gasteiger partial charge >= 0.3 is 0 Å². The fraction of sp³-hybridized carbons (Fsp3) is 0. The van der Waals surface area contributed by atoms with E-state index < -0.39 is 0 Å². The van der Waals surface area contributed by atoms with Crippen molar-refractivity contribution in [1.82, 2.24) is 73.1 Å². The molecule has 0 aromatic heterocycles. The maximum atomic E-state index is 10.8. The fourth-order valence-electron chi connectivity index (χ4n) is 0.673. The first-order chi connectivity index (χ1) is 4.84. The summed E-state index contributed by atoms with van der Waals surface area (Å²) in [7, 11) is 0. The first kappa shape index (κ1) is 94.5. The van der Waals surface area contributed by atoms with Crippen molar-refractivity contribution in [3.05, 3.63) is 35.9 Å². The number of hydrogen-bond donors (Lipinski definition) is 13. The van der Waals surface area contributed by atoms with Crippen LogP contribution in [0.15, 0.2) is 30.3 Å². The molecule has 0 aliphatic heterocycles. The molecule has 0 fully saturated rings. The molecular weight excluding hydrogens is 282 g/mol. The van der Waals surface area contributed by atoms with E-state index in [9.17, 15) is 4.79 Å². The molecule has 21 heavy (non-hydrogen) atoms. The first-order valence-electron chi connectivity index (χ1n) is 2.90. The van der Waals surface area contributed by atoms with Gasteiger partial charge in [-0.1, -0.05) is 18.2 Å². The topological polar surface area (TPSA) is 440 Å². The van der Waals surface area contributed by atoms with Crippen LogP contribution < -0.4 is 78.9 Å². The Balaban J connectivity index is -0.0000000101. The number of benzene rings is 1. The molecule has 0 radical (unpaired) electrons. The number of carbonyl (C=O) groups is 1. The summed E-state index contributed by atoms with van der Waals surface area (Å²) in [6.45, 7) is 0. The Morgan fingerprint density at radius 2 is 0.952 bits per heavy atom. The third kappa shape index (κ3) is 32.1. The van der Waals surface area contributed by atoms with Crippen LogP contribution in [0.3, 0.4) is 0 Å². The number of hydrogen-bond acceptors (Lipinski definition) is 13. The van der Waals surface area contributed by atoms with Crippen LogP contribution in [0.4, 0.5) is 0 Å². The molecule has 0 saturated carbocycles. The van der Waals surface area contributed by atoms with E-state index in [0.717, 1.165) is 0 Å². The fourth-order valence-corrected chi connectivity index (χ4v) is 0.673. The van der Waals surface area contributed by atoms with Crippen molar-refractivity contribution < 1.29 is 4.79 Å². The Hall–Kier alpha value is -1.79. The molecule has 0 spiro atoms. The van der Waals surface area contributed by atoms with E-state index in [0.29, 0.717) is 5.56 Å². The smallest absolute Gasteiger partial charge is 0.265 e. The van der Waals surface area contributed by atoms with Crippen LogP contribution in [0, 0.1) is 0 Å². The lowest BCUT2D eigenvalue weighted by Gasteiger charge is -1.95. The third-order valence-corrected chi connectivity index (χ3v) is 1.17. The molecule has 1 amide bonds. The zero-order valence-electron chi connectivity index (χ0n) is 13.2. The van der Waals surface area contributed by atoms with Gasteiger partial charge in [-0.2, -0.15) is 0 Å². The molecule has 0 aliphatic carbocycles. The minimum Gasteiger partial charge on any atom is -0.344 e. The van der Waals surface area contributed by atoms with Gasteiger partial charge in [0, 0.05) is 5.56 Å². The minimum atomic E-state index is -0.263. The number of nitrogen functional groups attached to an aromatic ring is 1. The van der Waals surface area contributed by atoms with Gasteiger partial charge in [-0.15, -0.1) is 0 Å². The maximum absolute atomic E-state index is 10.8. The Bertz CT molecular complexity index is 233. The molecule has 1 aromatic rings. The monoisotopic (exact) mass is 323 g/mol. The summed E-state index contributed by atoms with van der Waals surface area (Å²) in [5, 5.41) is 0. The third-order valence-electron chi connectivity index (χ3n) is 1.17. The van der Waals surface area contributed by atoms with E-state index in [1.807, 2.05) is 11.5 Å². The molecular formula is C7H41N13O. The zero-order chi connectivity index (χ0) is 7.40. The SMILES string of the molecule is N.N.N.N.N.N.N.N.N.N.N.NNC(=O)c1ccccc1. The van der Waals surface area contributed by atoms with Crippen LogP contribution in [-0.2, 0) is 0 Å². The highest BCUT2D eigenvalue weighted by atomic mass is 16.2. The van der Waals surface area contributed by atoms with E-state index in [2.05, 4.69) is 0 Å². The summed E-state index contributed by atoms with van der Waals surface area (Å²) < 4.78 is 0. The van der Waals surface area contributed by atoms with Gasteiger partial charge in [0.25, 0.3) is 5.91 Å². The molecule has 36 N–H and O–H groups in total. The van der Waals surface area contributed by atoms with Crippen molar-refractivity contribution in [2.45, 2.75) is 0 Å². The molecule has 14 heteroatoms. The molecule has 0 aliphatic rings. The standard InChI is InChI=1S/C7H8N2O.11H3N/c8-9-7(10)6-4-2-1-3-5-6;;;;;;;;;;;/h1-5H,8H2,(H,9,10);11*1H3. The summed E-state index contributed by atoms with van der Waals surface area (Å²) in [4.78, 5) is 10.8. The first-order valence-corrected chi connectivity index (χ1v) is 2.90. The molecule has 1 aromatic carbocycles. The van der Waals surface area contributed by atoms with Gasteiger partial charge in [0.05, 0.1) is 0 Å². The number of hydrazine groups is 1. The van der Waals surface area contributed by atoms with Crippen molar-refractivity contribution >= 4 is 5.91 Å². The summed E-state index contributed by atoms with van der Waals surface area (Å²) in [6.07, 6.45) is 0. The Morgan fingerprint density at radius 1 is 0.667 bits per heavy atom. The molecule has 0 unspecified atom stereocenters. The summed E-state index contributed by atoms with van der Waals surface area (Å²) in [6, 6.07) is 8.80. The Kier molecular flexibility index (Phi) is 233. The minimum absolute atomic E-state index is 0. The zero-order valence-corrected chi connectivity index (χ0v) is 13.2. The van der Waals surface area contributed by atoms with Gasteiger partial charge in [-0.05, 0) is 12.1 Å². The number of amides is 1. The van der Waals surface area contributed by atoms with Gasteiger partial charge in [-0.3, -0.25) is 10.2 Å². The van der Waals surface area contributed by atoms with Crippen molar-refractivity contribution in [3.8, 4) is 0 Å². The average molecular weight is 323 g/mol. The quantitative estimate of drug-likeness (QED) is 0.200. The van der Waals surface area contributed by atoms with Gasteiger partial charge < -0.3 is 67.7 Å². The second kappa shape index (κ2) is 51.7. The molecule has 0 saturated heterocycles. The van der Waals surface area contributed by atoms with Gasteiger partial charge in [0.1, 0.15) is 0 Å². The summed E-state index contributed by atoms with van der Waals surface area (Å²) in [5.41, 5.74) is 2.62. The second-order valence-electron chi connectivity index (χ2n) is 1.84. The van der Waals surface area contributed by atoms with Gasteiger partial charge in [-0.25, -0.2) is 5.84 Å². The van der Waals surface area contributed by atoms with Gasteiger partial charge in [0.2, 0.25) is 0 Å². The highest BCUT2D eigenvalue weighted by molar-refractivity contribution is 5.93. The van der Waals surface area contributed by atoms with E-state index in [4.69, 9.17) is 5.84 Å². The maximum Gasteiger partial charge on any atom is 0.265 e. The Labute approximate surface area is 126 Å². The summed E-state index contributed by atoms with van der Waals surface area (Å²) in [5.74, 6) is 4.64. The molecule has 1 rings (SSSR count). The molecule has 0 bridgehead atoms. The lowest BCUT2D eigenvalue weighted by molar-refractivity contribution is 0.0953. The molecule has 0 heterocycles. The van der Waals surface area contributed by atoms with Crippen LogP contribution in [0.25, 0.3) is 0 Å². The lowest BCUT2D eigenvalue weighted by atomic mass is 10.2. The van der Waals surface area contributed by atoms with Crippen LogP contribution >= 0.6 is 0 Å². The van der Waals surface area contributed by atoms with Crippen molar-refractivity contribution in [2.75, 3.05) is 0 Å². The highest BCUT2D eigenvalue weighted by Gasteiger charge is 1.98. The normalized spacial score (nSPS) is 4.24. The number of carbonyl (C=O) groups excluding carboxylic acids is 1. The Morgan fingerprint density at radius 3 is 1.19 bits per heavy atom. The summed E-state index contributed by atoms with van der Waals surface area (Å²) >= 11 is 0.